The molecular formula is C10H14FNO. The van der Waals surface area contributed by atoms with Gasteiger partial charge in [-0.3, -0.25) is 0 Å². The van der Waals surface area contributed by atoms with Crippen LogP contribution in [0, 0.1) is 12.7 Å². The predicted octanol–water partition coefficient (Wildman–Crippen LogP) is 2.03. The topological polar surface area (TPSA) is 46.2 Å². The average molecular weight is 183 g/mol. The Morgan fingerprint density at radius 3 is 2.38 bits per heavy atom. The van der Waals surface area contributed by atoms with E-state index in [9.17, 15) is 4.39 Å². The summed E-state index contributed by atoms with van der Waals surface area (Å²) in [4.78, 5) is 0. The maximum Gasteiger partial charge on any atom is 0.165 e. The molecule has 13 heavy (non-hydrogen) atoms. The minimum atomic E-state index is -0.626. The first-order valence-electron chi connectivity index (χ1n) is 4.11. The first-order valence-corrected chi connectivity index (χ1v) is 4.11. The zero-order chi connectivity index (χ0) is 10.2. The molecule has 2 nitrogen and oxygen atoms in total. The molecule has 0 aliphatic carbocycles. The molecule has 0 spiro atoms. The summed E-state index contributed by atoms with van der Waals surface area (Å²) in [7, 11) is 0. The summed E-state index contributed by atoms with van der Waals surface area (Å²) in [5, 5.41) is 9.07. The van der Waals surface area contributed by atoms with Gasteiger partial charge in [-0.25, -0.2) is 4.39 Å². The lowest BCUT2D eigenvalue weighted by molar-refractivity contribution is 0.428. The van der Waals surface area contributed by atoms with Crippen LogP contribution in [0.25, 0.3) is 0 Å². The molecule has 0 bridgehead atoms. The molecule has 0 unspecified atom stereocenters. The average Bonchev–Trinajstić information content (AvgIpc) is 1.94. The zero-order valence-corrected chi connectivity index (χ0v) is 8.06. The van der Waals surface area contributed by atoms with Crippen LogP contribution >= 0.6 is 0 Å². The quantitative estimate of drug-likeness (QED) is 0.699. The number of aromatic hydroxyl groups is 1. The zero-order valence-electron chi connectivity index (χ0n) is 8.06. The van der Waals surface area contributed by atoms with Gasteiger partial charge in [-0.15, -0.1) is 0 Å². The van der Waals surface area contributed by atoms with Crippen LogP contribution in [0.2, 0.25) is 0 Å². The molecule has 72 valence electrons. The van der Waals surface area contributed by atoms with E-state index in [4.69, 9.17) is 10.8 Å². The molecule has 0 saturated carbocycles. The number of hydrogen-bond donors (Lipinski definition) is 2. The van der Waals surface area contributed by atoms with Crippen LogP contribution in [0.4, 0.5) is 4.39 Å². The van der Waals surface area contributed by atoms with Crippen molar-refractivity contribution in [3.05, 3.63) is 29.1 Å². The van der Waals surface area contributed by atoms with E-state index in [1.807, 2.05) is 0 Å². The van der Waals surface area contributed by atoms with Crippen molar-refractivity contribution >= 4 is 0 Å². The fourth-order valence-corrected chi connectivity index (χ4v) is 1.36. The Morgan fingerprint density at radius 2 is 1.92 bits per heavy atom. The molecule has 0 atom stereocenters. The van der Waals surface area contributed by atoms with Gasteiger partial charge in [0, 0.05) is 5.54 Å². The fourth-order valence-electron chi connectivity index (χ4n) is 1.36. The number of benzene rings is 1. The number of halogens is 1. The third-order valence-electron chi connectivity index (χ3n) is 1.99. The van der Waals surface area contributed by atoms with Gasteiger partial charge < -0.3 is 10.8 Å². The second-order valence-electron chi connectivity index (χ2n) is 3.84. The molecule has 0 heterocycles. The first kappa shape index (κ1) is 9.99. The second-order valence-corrected chi connectivity index (χ2v) is 3.84. The Bertz CT molecular complexity index is 328. The number of hydrogen-bond acceptors (Lipinski definition) is 2. The van der Waals surface area contributed by atoms with E-state index < -0.39 is 11.4 Å². The summed E-state index contributed by atoms with van der Waals surface area (Å²) in [6.45, 7) is 5.39. The van der Waals surface area contributed by atoms with Crippen LogP contribution in [0.1, 0.15) is 25.0 Å². The van der Waals surface area contributed by atoms with E-state index in [0.717, 1.165) is 5.56 Å². The molecule has 0 aliphatic rings. The maximum atomic E-state index is 13.0. The summed E-state index contributed by atoms with van der Waals surface area (Å²) < 4.78 is 13.0. The normalized spacial score (nSPS) is 11.8. The minimum absolute atomic E-state index is 0.328. The number of aryl methyl sites for hydroxylation is 1. The van der Waals surface area contributed by atoms with Gasteiger partial charge in [0.25, 0.3) is 0 Å². The highest BCUT2D eigenvalue weighted by molar-refractivity contribution is 5.38. The Morgan fingerprint density at radius 1 is 1.38 bits per heavy atom. The smallest absolute Gasteiger partial charge is 0.165 e. The predicted molar refractivity (Wildman–Crippen MR) is 50.0 cm³/mol. The number of phenolic OH excluding ortho intramolecular Hbond substituents is 1. The van der Waals surface area contributed by atoms with E-state index >= 15 is 0 Å². The lowest BCUT2D eigenvalue weighted by Gasteiger charge is -2.21. The second kappa shape index (κ2) is 3.00. The minimum Gasteiger partial charge on any atom is -0.505 e. The van der Waals surface area contributed by atoms with Crippen molar-refractivity contribution in [3.8, 4) is 5.75 Å². The monoisotopic (exact) mass is 183 g/mol. The number of rotatable bonds is 1. The van der Waals surface area contributed by atoms with Crippen molar-refractivity contribution in [2.45, 2.75) is 26.3 Å². The van der Waals surface area contributed by atoms with E-state index in [1.54, 1.807) is 20.8 Å². The molecule has 0 aromatic heterocycles. The van der Waals surface area contributed by atoms with Gasteiger partial charge in [0.2, 0.25) is 0 Å². The summed E-state index contributed by atoms with van der Waals surface area (Å²) in [5.41, 5.74) is 6.75. The summed E-state index contributed by atoms with van der Waals surface area (Å²) in [6, 6.07) is 2.67. The number of phenols is 1. The SMILES string of the molecule is Cc1cc(O)c(F)cc1C(C)(C)N. The third-order valence-corrected chi connectivity index (χ3v) is 1.99. The lowest BCUT2D eigenvalue weighted by atomic mass is 9.91. The highest BCUT2D eigenvalue weighted by Gasteiger charge is 2.18. The van der Waals surface area contributed by atoms with Gasteiger partial charge in [-0.1, -0.05) is 0 Å². The molecule has 0 aliphatic heterocycles. The number of nitrogens with two attached hydrogens (primary N) is 1. The third kappa shape index (κ3) is 1.98. The molecule has 3 N–H and O–H groups in total. The van der Waals surface area contributed by atoms with E-state index in [-0.39, 0.29) is 5.75 Å². The molecule has 0 amide bonds. The van der Waals surface area contributed by atoms with Gasteiger partial charge in [0.15, 0.2) is 11.6 Å². The van der Waals surface area contributed by atoms with Gasteiger partial charge in [-0.05, 0) is 44.0 Å². The highest BCUT2D eigenvalue weighted by Crippen LogP contribution is 2.26. The standard InChI is InChI=1S/C10H14FNO/c1-6-4-9(13)8(11)5-7(6)10(2,3)12/h4-5,13H,12H2,1-3H3. The van der Waals surface area contributed by atoms with Crippen LogP contribution in [0.3, 0.4) is 0 Å². The van der Waals surface area contributed by atoms with E-state index in [1.165, 1.54) is 12.1 Å². The van der Waals surface area contributed by atoms with Crippen LogP contribution in [-0.4, -0.2) is 5.11 Å². The van der Waals surface area contributed by atoms with Crippen LogP contribution in [0.5, 0.6) is 5.75 Å². The summed E-state index contributed by atoms with van der Waals surface area (Å²) in [6.07, 6.45) is 0. The molecular weight excluding hydrogens is 169 g/mol. The van der Waals surface area contributed by atoms with Gasteiger partial charge in [-0.2, -0.15) is 0 Å². The largest absolute Gasteiger partial charge is 0.505 e. The maximum absolute atomic E-state index is 13.0. The lowest BCUT2D eigenvalue weighted by Crippen LogP contribution is -2.29. The van der Waals surface area contributed by atoms with Crippen LogP contribution in [0.15, 0.2) is 12.1 Å². The highest BCUT2D eigenvalue weighted by atomic mass is 19.1. The van der Waals surface area contributed by atoms with Gasteiger partial charge >= 0.3 is 0 Å². The molecule has 1 aromatic carbocycles. The molecule has 0 radical (unpaired) electrons. The van der Waals surface area contributed by atoms with Gasteiger partial charge in [0.05, 0.1) is 0 Å². The van der Waals surface area contributed by atoms with Crippen molar-refractivity contribution in [1.29, 1.82) is 0 Å². The first-order chi connectivity index (χ1) is 5.82. The van der Waals surface area contributed by atoms with Crippen LogP contribution in [-0.2, 0) is 5.54 Å². The molecule has 1 rings (SSSR count). The van der Waals surface area contributed by atoms with Crippen molar-refractivity contribution in [2.24, 2.45) is 5.73 Å². The van der Waals surface area contributed by atoms with Crippen molar-refractivity contribution in [1.82, 2.24) is 0 Å². The van der Waals surface area contributed by atoms with Crippen LogP contribution < -0.4 is 5.73 Å². The Balaban J connectivity index is 3.32. The summed E-state index contributed by atoms with van der Waals surface area (Å²) >= 11 is 0. The Labute approximate surface area is 77.2 Å². The van der Waals surface area contributed by atoms with Gasteiger partial charge in [0.1, 0.15) is 0 Å². The fraction of sp³-hybridized carbons (Fsp3) is 0.400. The van der Waals surface area contributed by atoms with Crippen molar-refractivity contribution < 1.29 is 9.50 Å². The molecule has 0 fully saturated rings. The molecule has 3 heteroatoms. The molecule has 0 saturated heterocycles. The Hall–Kier alpha value is -1.09. The van der Waals surface area contributed by atoms with Crippen molar-refractivity contribution in [2.75, 3.05) is 0 Å². The van der Waals surface area contributed by atoms with E-state index in [2.05, 4.69) is 0 Å². The molecule has 1 aromatic rings. The van der Waals surface area contributed by atoms with Crippen molar-refractivity contribution in [3.63, 3.8) is 0 Å². The summed E-state index contributed by atoms with van der Waals surface area (Å²) in [5.74, 6) is -0.954. The Kier molecular flexibility index (Phi) is 2.30. The van der Waals surface area contributed by atoms with E-state index in [0.29, 0.717) is 5.56 Å².